The Labute approximate surface area is 108 Å². The van der Waals surface area contributed by atoms with Crippen molar-refractivity contribution in [3.05, 3.63) is 0 Å². The summed E-state index contributed by atoms with van der Waals surface area (Å²) in [4.78, 5) is 4.02. The van der Waals surface area contributed by atoms with E-state index in [0.717, 1.165) is 12.1 Å². The van der Waals surface area contributed by atoms with Gasteiger partial charge in [0.1, 0.15) is 5.60 Å². The second-order valence-corrected chi connectivity index (χ2v) is 3.24. The minimum atomic E-state index is -0.700. The van der Waals surface area contributed by atoms with E-state index < -0.39 is 5.60 Å². The summed E-state index contributed by atoms with van der Waals surface area (Å²) in [5, 5.41) is 10.0. The molecule has 0 aromatic carbocycles. The molecule has 0 aliphatic carbocycles. The average Bonchev–Trinajstić information content (AvgIpc) is 2.01. The topological polar surface area (TPSA) is 32.6 Å². The summed E-state index contributed by atoms with van der Waals surface area (Å²) in [7, 11) is 1.72. The second kappa shape index (κ2) is 6.44. The van der Waals surface area contributed by atoms with Gasteiger partial charge in [-0.1, -0.05) is 20.8 Å². The summed E-state index contributed by atoms with van der Waals surface area (Å²) in [6.07, 6.45) is 0.730. The van der Waals surface area contributed by atoms with Gasteiger partial charge in [0.2, 0.25) is 0 Å². The SMILES string of the molecule is CCC(O)(C(C)=NC)C(C)C.[Nd]. The van der Waals surface area contributed by atoms with Crippen LogP contribution < -0.4 is 0 Å². The van der Waals surface area contributed by atoms with E-state index in [9.17, 15) is 5.11 Å². The van der Waals surface area contributed by atoms with Gasteiger partial charge < -0.3 is 5.11 Å². The van der Waals surface area contributed by atoms with Gasteiger partial charge in [0, 0.05) is 53.6 Å². The number of nitrogens with zero attached hydrogens (tertiary/aromatic N) is 1. The van der Waals surface area contributed by atoms with Gasteiger partial charge in [0.15, 0.2) is 0 Å². The first-order chi connectivity index (χ1) is 4.99. The third kappa shape index (κ3) is 3.38. The van der Waals surface area contributed by atoms with Gasteiger partial charge in [-0.05, 0) is 19.3 Å². The summed E-state index contributed by atoms with van der Waals surface area (Å²) in [6.45, 7) is 7.88. The first kappa shape index (κ1) is 15.5. The van der Waals surface area contributed by atoms with Crippen LogP contribution in [0.4, 0.5) is 0 Å². The molecule has 0 spiro atoms. The van der Waals surface area contributed by atoms with Gasteiger partial charge in [-0.25, -0.2) is 0 Å². The molecule has 0 aliphatic rings. The third-order valence-corrected chi connectivity index (χ3v) is 2.46. The maximum atomic E-state index is 10.0. The zero-order valence-electron chi connectivity index (χ0n) is 8.68. The normalized spacial score (nSPS) is 17.1. The van der Waals surface area contributed by atoms with Crippen LogP contribution >= 0.6 is 0 Å². The Morgan fingerprint density at radius 3 is 2.00 bits per heavy atom. The molecule has 12 heavy (non-hydrogen) atoms. The molecular weight excluding hydrogens is 282 g/mol. The standard InChI is InChI=1S/C9H19NO.Nd/c1-6-9(11,7(2)3)8(4)10-5;/h7,11H,6H2,1-5H3;. The third-order valence-electron chi connectivity index (χ3n) is 2.46. The minimum Gasteiger partial charge on any atom is -0.384 e. The second-order valence-electron chi connectivity index (χ2n) is 3.24. The fourth-order valence-electron chi connectivity index (χ4n) is 1.28. The summed E-state index contributed by atoms with van der Waals surface area (Å²) in [6, 6.07) is 0. The molecule has 1 atom stereocenters. The Kier molecular flexibility index (Phi) is 8.29. The van der Waals surface area contributed by atoms with Crippen molar-refractivity contribution in [2.24, 2.45) is 10.9 Å². The molecule has 0 radical (unpaired) electrons. The van der Waals surface area contributed by atoms with Crippen LogP contribution in [0.3, 0.4) is 0 Å². The van der Waals surface area contributed by atoms with E-state index in [1.54, 1.807) is 7.05 Å². The van der Waals surface area contributed by atoms with Crippen molar-refractivity contribution in [2.75, 3.05) is 7.05 Å². The molecule has 70 valence electrons. The molecule has 0 amide bonds. The van der Waals surface area contributed by atoms with E-state index in [-0.39, 0.29) is 46.8 Å². The largest absolute Gasteiger partial charge is 0.384 e. The van der Waals surface area contributed by atoms with Gasteiger partial charge in [-0.15, -0.1) is 0 Å². The van der Waals surface area contributed by atoms with E-state index in [1.165, 1.54) is 0 Å². The molecule has 0 aromatic rings. The van der Waals surface area contributed by atoms with Gasteiger partial charge in [-0.2, -0.15) is 0 Å². The van der Waals surface area contributed by atoms with E-state index in [0.29, 0.717) is 0 Å². The Morgan fingerprint density at radius 2 is 1.92 bits per heavy atom. The van der Waals surface area contributed by atoms with Crippen molar-refractivity contribution in [3.63, 3.8) is 0 Å². The Morgan fingerprint density at radius 1 is 1.50 bits per heavy atom. The molecule has 0 aliphatic heterocycles. The van der Waals surface area contributed by atoms with E-state index in [2.05, 4.69) is 4.99 Å². The van der Waals surface area contributed by atoms with Crippen LogP contribution in [0.5, 0.6) is 0 Å². The number of hydrogen-bond donors (Lipinski definition) is 1. The molecule has 0 bridgehead atoms. The van der Waals surface area contributed by atoms with Crippen LogP contribution in [0, 0.1) is 46.8 Å². The molecule has 0 aromatic heterocycles. The molecule has 0 saturated carbocycles. The maximum absolute atomic E-state index is 10.0. The summed E-state index contributed by atoms with van der Waals surface area (Å²) in [5.74, 6) is 0.233. The van der Waals surface area contributed by atoms with Crippen molar-refractivity contribution >= 4 is 5.71 Å². The number of rotatable bonds is 3. The molecule has 0 heterocycles. The van der Waals surface area contributed by atoms with Crippen molar-refractivity contribution in [1.29, 1.82) is 0 Å². The van der Waals surface area contributed by atoms with Crippen molar-refractivity contribution in [3.8, 4) is 0 Å². The summed E-state index contributed by atoms with van der Waals surface area (Å²) < 4.78 is 0. The van der Waals surface area contributed by atoms with Crippen LogP contribution in [0.25, 0.3) is 0 Å². The van der Waals surface area contributed by atoms with Gasteiger partial charge in [-0.3, -0.25) is 4.99 Å². The zero-order chi connectivity index (χ0) is 9.07. The first-order valence-electron chi connectivity index (χ1n) is 4.15. The zero-order valence-corrected chi connectivity index (χ0v) is 11.9. The van der Waals surface area contributed by atoms with Gasteiger partial charge in [0.05, 0.1) is 0 Å². The Balaban J connectivity index is 0. The summed E-state index contributed by atoms with van der Waals surface area (Å²) in [5.41, 5.74) is 0.129. The molecule has 2 nitrogen and oxygen atoms in total. The summed E-state index contributed by atoms with van der Waals surface area (Å²) >= 11 is 0. The molecule has 0 saturated heterocycles. The maximum Gasteiger partial charge on any atom is 0.104 e. The monoisotopic (exact) mass is 299 g/mol. The van der Waals surface area contributed by atoms with E-state index in [4.69, 9.17) is 0 Å². The van der Waals surface area contributed by atoms with Crippen molar-refractivity contribution in [2.45, 2.75) is 39.7 Å². The quantitative estimate of drug-likeness (QED) is 0.793. The van der Waals surface area contributed by atoms with Crippen LogP contribution in [0.1, 0.15) is 34.1 Å². The predicted molar refractivity (Wildman–Crippen MR) is 49.1 cm³/mol. The smallest absolute Gasteiger partial charge is 0.104 e. The van der Waals surface area contributed by atoms with Crippen molar-refractivity contribution in [1.82, 2.24) is 0 Å². The van der Waals surface area contributed by atoms with Crippen molar-refractivity contribution < 1.29 is 45.9 Å². The van der Waals surface area contributed by atoms with Gasteiger partial charge >= 0.3 is 0 Å². The molecule has 1 unspecified atom stereocenters. The number of aliphatic imine (C=N–C) groups is 1. The molecular formula is C9H19NNdO. The minimum absolute atomic E-state index is 0. The fourth-order valence-corrected chi connectivity index (χ4v) is 1.28. The average molecular weight is 301 g/mol. The van der Waals surface area contributed by atoms with E-state index in [1.807, 2.05) is 27.7 Å². The van der Waals surface area contributed by atoms with E-state index >= 15 is 0 Å². The van der Waals surface area contributed by atoms with Crippen LogP contribution in [-0.2, 0) is 0 Å². The molecule has 1 N–H and O–H groups in total. The predicted octanol–water partition coefficient (Wildman–Crippen LogP) is 1.87. The molecule has 0 rings (SSSR count). The molecule has 0 fully saturated rings. The Bertz CT molecular complexity index is 157. The van der Waals surface area contributed by atoms with Crippen LogP contribution in [-0.4, -0.2) is 23.5 Å². The molecule has 3 heteroatoms. The Hall–Kier alpha value is 0.981. The van der Waals surface area contributed by atoms with Crippen LogP contribution in [0.15, 0.2) is 4.99 Å². The number of hydrogen-bond acceptors (Lipinski definition) is 2. The fraction of sp³-hybridized carbons (Fsp3) is 0.889. The van der Waals surface area contributed by atoms with Gasteiger partial charge in [0.25, 0.3) is 0 Å². The van der Waals surface area contributed by atoms with Crippen LogP contribution in [0.2, 0.25) is 0 Å². The first-order valence-corrected chi connectivity index (χ1v) is 4.15. The number of aliphatic hydroxyl groups is 1.